The Morgan fingerprint density at radius 2 is 1.90 bits per heavy atom. The second-order valence-corrected chi connectivity index (χ2v) is 6.64. The zero-order valence-electron chi connectivity index (χ0n) is 15.5. The van der Waals surface area contributed by atoms with Crippen molar-refractivity contribution in [1.29, 1.82) is 0 Å². The summed E-state index contributed by atoms with van der Waals surface area (Å²) < 4.78 is 57.1. The van der Waals surface area contributed by atoms with E-state index in [4.69, 9.17) is 4.74 Å². The summed E-state index contributed by atoms with van der Waals surface area (Å²) in [5, 5.41) is 4.57. The molecule has 1 aromatic carbocycles. The number of nitrogens with one attached hydrogen (secondary N) is 2. The molecule has 2 N–H and O–H groups in total. The van der Waals surface area contributed by atoms with Gasteiger partial charge in [0.2, 0.25) is 0 Å². The van der Waals surface area contributed by atoms with Gasteiger partial charge >= 0.3 is 6.18 Å². The number of fused-ring (bicyclic) bond motifs is 1. The number of rotatable bonds is 5. The Morgan fingerprint density at radius 3 is 2.55 bits per heavy atom. The van der Waals surface area contributed by atoms with Crippen molar-refractivity contribution >= 4 is 11.8 Å². The van der Waals surface area contributed by atoms with Crippen LogP contribution in [0.5, 0.6) is 0 Å². The fourth-order valence-corrected chi connectivity index (χ4v) is 3.09. The van der Waals surface area contributed by atoms with Crippen LogP contribution in [0.15, 0.2) is 30.3 Å². The molecule has 0 bridgehead atoms. The number of carbonyl (C=O) groups is 2. The van der Waals surface area contributed by atoms with Crippen LogP contribution in [0.3, 0.4) is 0 Å². The van der Waals surface area contributed by atoms with Crippen LogP contribution in [0.1, 0.15) is 45.1 Å². The maximum Gasteiger partial charge on any atom is 0.405 e. The topological polar surface area (TPSA) is 72.4 Å². The second-order valence-electron chi connectivity index (χ2n) is 6.64. The predicted molar refractivity (Wildman–Crippen MR) is 94.8 cm³/mol. The van der Waals surface area contributed by atoms with Crippen LogP contribution in [0, 0.1) is 5.82 Å². The van der Waals surface area contributed by atoms with Gasteiger partial charge in [0.1, 0.15) is 18.1 Å². The number of ether oxygens (including phenoxy) is 1. The van der Waals surface area contributed by atoms with Crippen LogP contribution in [-0.2, 0) is 17.9 Å². The lowest BCUT2D eigenvalue weighted by atomic mass is 10.1. The molecular weight excluding hydrogens is 394 g/mol. The molecule has 1 aromatic heterocycles. The fourth-order valence-electron chi connectivity index (χ4n) is 3.09. The van der Waals surface area contributed by atoms with Crippen molar-refractivity contribution < 1.29 is 31.9 Å². The quantitative estimate of drug-likeness (QED) is 0.741. The van der Waals surface area contributed by atoms with Gasteiger partial charge in [0.15, 0.2) is 0 Å². The van der Waals surface area contributed by atoms with E-state index in [-0.39, 0.29) is 24.4 Å². The summed E-state index contributed by atoms with van der Waals surface area (Å²) >= 11 is 0. The Bertz CT molecular complexity index is 907. The monoisotopic (exact) mass is 413 g/mol. The van der Waals surface area contributed by atoms with E-state index in [0.717, 1.165) is 0 Å². The molecule has 10 heteroatoms. The van der Waals surface area contributed by atoms with Crippen molar-refractivity contribution in [1.82, 2.24) is 15.2 Å². The fraction of sp³-hybridized carbons (Fsp3) is 0.368. The van der Waals surface area contributed by atoms with Crippen molar-refractivity contribution in [3.05, 3.63) is 58.7 Å². The molecule has 2 aromatic rings. The first-order valence-electron chi connectivity index (χ1n) is 8.87. The minimum atomic E-state index is -4.54. The van der Waals surface area contributed by atoms with Crippen LogP contribution in [-0.4, -0.2) is 35.7 Å². The largest absolute Gasteiger partial charge is 0.405 e. The van der Waals surface area contributed by atoms with Crippen LogP contribution in [0.2, 0.25) is 0 Å². The average molecular weight is 413 g/mol. The van der Waals surface area contributed by atoms with E-state index >= 15 is 0 Å². The molecule has 0 saturated heterocycles. The number of hydrogen-bond donors (Lipinski definition) is 2. The number of hydrogen-bond acceptors (Lipinski definition) is 3. The van der Waals surface area contributed by atoms with Crippen molar-refractivity contribution in [3.63, 3.8) is 0 Å². The normalized spacial score (nSPS) is 14.8. The van der Waals surface area contributed by atoms with Crippen molar-refractivity contribution in [3.8, 4) is 0 Å². The Kier molecular flexibility index (Phi) is 5.92. The minimum absolute atomic E-state index is 0.00949. The number of halogens is 4. The molecule has 6 nitrogen and oxygen atoms in total. The van der Waals surface area contributed by atoms with E-state index in [1.807, 2.05) is 5.32 Å². The zero-order chi connectivity index (χ0) is 21.2. The van der Waals surface area contributed by atoms with E-state index in [1.165, 1.54) is 30.3 Å². The molecule has 3 rings (SSSR count). The summed E-state index contributed by atoms with van der Waals surface area (Å²) in [6.45, 7) is 0.843. The molecule has 0 aliphatic carbocycles. The van der Waals surface area contributed by atoms with Gasteiger partial charge in [-0.05, 0) is 30.7 Å². The third kappa shape index (κ3) is 4.94. The van der Waals surface area contributed by atoms with Crippen LogP contribution in [0.4, 0.5) is 17.6 Å². The van der Waals surface area contributed by atoms with Crippen LogP contribution >= 0.6 is 0 Å². The van der Waals surface area contributed by atoms with E-state index in [9.17, 15) is 27.2 Å². The van der Waals surface area contributed by atoms with Crippen LogP contribution < -0.4 is 10.6 Å². The molecule has 1 atom stereocenters. The molecule has 0 saturated carbocycles. The smallest absolute Gasteiger partial charge is 0.373 e. The highest BCUT2D eigenvalue weighted by Gasteiger charge is 2.31. The summed E-state index contributed by atoms with van der Waals surface area (Å²) in [4.78, 5) is 25.0. The predicted octanol–water partition coefficient (Wildman–Crippen LogP) is 2.94. The third-order valence-electron chi connectivity index (χ3n) is 4.55. The molecule has 29 heavy (non-hydrogen) atoms. The third-order valence-corrected chi connectivity index (χ3v) is 4.55. The lowest BCUT2D eigenvalue weighted by Crippen LogP contribution is -2.34. The van der Waals surface area contributed by atoms with E-state index < -0.39 is 36.4 Å². The van der Waals surface area contributed by atoms with Crippen LogP contribution in [0.25, 0.3) is 0 Å². The van der Waals surface area contributed by atoms with Gasteiger partial charge in [0.25, 0.3) is 11.8 Å². The maximum absolute atomic E-state index is 13.1. The summed E-state index contributed by atoms with van der Waals surface area (Å²) in [6, 6.07) is 6.45. The molecular formula is C19H19F4N3O3. The number of alkyl halides is 3. The van der Waals surface area contributed by atoms with E-state index in [0.29, 0.717) is 17.9 Å². The van der Waals surface area contributed by atoms with Gasteiger partial charge < -0.3 is 19.9 Å². The first-order chi connectivity index (χ1) is 13.7. The Morgan fingerprint density at radius 1 is 1.21 bits per heavy atom. The molecule has 0 radical (unpaired) electrons. The Hall–Kier alpha value is -2.88. The summed E-state index contributed by atoms with van der Waals surface area (Å²) in [7, 11) is 0. The summed E-state index contributed by atoms with van der Waals surface area (Å²) in [5.41, 5.74) is 1.13. The number of benzene rings is 1. The second kappa shape index (κ2) is 8.24. The summed E-state index contributed by atoms with van der Waals surface area (Å²) in [6.07, 6.45) is -4.54. The standard InChI is InChI=1S/C19H19F4N3O3/c1-11(12-2-4-13(20)5-3-12)25-18(28)15-8-14(16-9-29-7-6-26(15)16)17(27)24-10-19(21,22)23/h2-5,8,11H,6-7,9-10H2,1H3,(H,24,27)(H,25,28). The highest BCUT2D eigenvalue weighted by molar-refractivity contribution is 6.00. The number of amides is 2. The first kappa shape index (κ1) is 20.8. The number of nitrogens with zero attached hydrogens (tertiary/aromatic N) is 1. The first-order valence-corrected chi connectivity index (χ1v) is 8.87. The molecule has 1 aliphatic heterocycles. The van der Waals surface area contributed by atoms with Gasteiger partial charge in [-0.1, -0.05) is 12.1 Å². The van der Waals surface area contributed by atoms with Crippen molar-refractivity contribution in [2.24, 2.45) is 0 Å². The van der Waals surface area contributed by atoms with Gasteiger partial charge in [-0.15, -0.1) is 0 Å². The van der Waals surface area contributed by atoms with Crippen molar-refractivity contribution in [2.75, 3.05) is 13.2 Å². The van der Waals surface area contributed by atoms with Gasteiger partial charge in [0, 0.05) is 6.54 Å². The van der Waals surface area contributed by atoms with E-state index in [2.05, 4.69) is 5.32 Å². The number of aromatic nitrogens is 1. The Balaban J connectivity index is 1.81. The minimum Gasteiger partial charge on any atom is -0.373 e. The van der Waals surface area contributed by atoms with E-state index in [1.54, 1.807) is 11.5 Å². The molecule has 2 heterocycles. The zero-order valence-corrected chi connectivity index (χ0v) is 15.5. The SMILES string of the molecule is CC(NC(=O)c1cc(C(=O)NCC(F)(F)F)c2n1CCOC2)c1ccc(F)cc1. The molecule has 1 unspecified atom stereocenters. The lowest BCUT2D eigenvalue weighted by molar-refractivity contribution is -0.123. The molecule has 156 valence electrons. The van der Waals surface area contributed by atoms with Gasteiger partial charge in [0.05, 0.1) is 30.5 Å². The molecule has 2 amide bonds. The molecule has 0 spiro atoms. The van der Waals surface area contributed by atoms with Gasteiger partial charge in [-0.3, -0.25) is 9.59 Å². The summed E-state index contributed by atoms with van der Waals surface area (Å²) in [5.74, 6) is -1.83. The molecule has 1 aliphatic rings. The lowest BCUT2D eigenvalue weighted by Gasteiger charge is -2.20. The Labute approximate surface area is 163 Å². The molecule has 0 fully saturated rings. The van der Waals surface area contributed by atoms with Crippen molar-refractivity contribution in [2.45, 2.75) is 32.3 Å². The van der Waals surface area contributed by atoms with Gasteiger partial charge in [-0.25, -0.2) is 4.39 Å². The highest BCUT2D eigenvalue weighted by atomic mass is 19.4. The average Bonchev–Trinajstić information content (AvgIpc) is 3.06. The van der Waals surface area contributed by atoms with Gasteiger partial charge in [-0.2, -0.15) is 13.2 Å². The maximum atomic E-state index is 13.1. The highest BCUT2D eigenvalue weighted by Crippen LogP contribution is 2.23. The number of carbonyl (C=O) groups excluding carboxylic acids is 2.